The molecular weight excluding hydrogens is 352 g/mol. The Morgan fingerprint density at radius 3 is 2.85 bits per heavy atom. The van der Waals surface area contributed by atoms with Gasteiger partial charge in [-0.15, -0.1) is 0 Å². The predicted molar refractivity (Wildman–Crippen MR) is 95.6 cm³/mol. The zero-order valence-electron chi connectivity index (χ0n) is 14.7. The number of nitro groups is 1. The van der Waals surface area contributed by atoms with Crippen LogP contribution in [0.3, 0.4) is 0 Å². The number of hydrogen-bond donors (Lipinski definition) is 0. The number of ether oxygens (including phenoxy) is 2. The van der Waals surface area contributed by atoms with E-state index in [9.17, 15) is 14.9 Å². The van der Waals surface area contributed by atoms with Crippen molar-refractivity contribution >= 4 is 17.4 Å². The first-order chi connectivity index (χ1) is 13.1. The van der Waals surface area contributed by atoms with Gasteiger partial charge in [0.2, 0.25) is 5.91 Å². The molecule has 4 rings (SSSR count). The lowest BCUT2D eigenvalue weighted by molar-refractivity contribution is -0.389. The van der Waals surface area contributed by atoms with E-state index < -0.39 is 4.92 Å². The van der Waals surface area contributed by atoms with Crippen molar-refractivity contribution in [3.05, 3.63) is 46.1 Å². The average Bonchev–Trinajstić information content (AvgIpc) is 3.11. The molecule has 2 aromatic rings. The third kappa shape index (κ3) is 3.77. The fraction of sp³-hybridized carbons (Fsp3) is 0.444. The smallest absolute Gasteiger partial charge is 0.414 e. The molecule has 3 heterocycles. The monoisotopic (exact) mass is 372 g/mol. The second-order valence-corrected chi connectivity index (χ2v) is 6.70. The molecule has 1 aromatic heterocycles. The van der Waals surface area contributed by atoms with Crippen LogP contribution in [0.2, 0.25) is 0 Å². The molecule has 0 saturated carbocycles. The van der Waals surface area contributed by atoms with Crippen molar-refractivity contribution in [3.8, 4) is 6.01 Å². The van der Waals surface area contributed by atoms with E-state index in [-0.39, 0.29) is 23.8 Å². The van der Waals surface area contributed by atoms with Crippen molar-refractivity contribution in [2.45, 2.75) is 38.5 Å². The van der Waals surface area contributed by atoms with Crippen LogP contribution >= 0.6 is 0 Å². The lowest BCUT2D eigenvalue weighted by Crippen LogP contribution is -2.35. The number of aromatic nitrogens is 2. The van der Waals surface area contributed by atoms with Gasteiger partial charge in [-0.25, -0.2) is 0 Å². The van der Waals surface area contributed by atoms with Crippen LogP contribution in [-0.4, -0.2) is 39.6 Å². The Morgan fingerprint density at radius 2 is 2.11 bits per heavy atom. The summed E-state index contributed by atoms with van der Waals surface area (Å²) in [5, 5.41) is 10.8. The fourth-order valence-corrected chi connectivity index (χ4v) is 3.33. The molecule has 9 nitrogen and oxygen atoms in total. The van der Waals surface area contributed by atoms with Crippen LogP contribution in [0.25, 0.3) is 0 Å². The zero-order valence-corrected chi connectivity index (χ0v) is 14.7. The van der Waals surface area contributed by atoms with Crippen molar-refractivity contribution in [1.82, 2.24) is 9.55 Å². The first-order valence-electron chi connectivity index (χ1n) is 8.95. The highest BCUT2D eigenvalue weighted by Gasteiger charge is 2.28. The van der Waals surface area contributed by atoms with E-state index in [2.05, 4.69) is 4.98 Å². The van der Waals surface area contributed by atoms with Gasteiger partial charge in [-0.05, 0) is 35.5 Å². The highest BCUT2D eigenvalue weighted by molar-refractivity contribution is 5.93. The number of benzene rings is 1. The molecule has 1 amide bonds. The third-order valence-corrected chi connectivity index (χ3v) is 4.77. The van der Waals surface area contributed by atoms with Gasteiger partial charge in [0.1, 0.15) is 18.9 Å². The summed E-state index contributed by atoms with van der Waals surface area (Å²) in [6.45, 7) is 1.92. The second-order valence-electron chi connectivity index (χ2n) is 6.70. The topological polar surface area (TPSA) is 99.7 Å². The molecule has 9 heteroatoms. The molecular formula is C18H20N4O5. The van der Waals surface area contributed by atoms with Crippen LogP contribution in [0.15, 0.2) is 30.5 Å². The van der Waals surface area contributed by atoms with Crippen LogP contribution in [0.5, 0.6) is 6.01 Å². The maximum absolute atomic E-state index is 12.0. The molecule has 0 N–H and O–H groups in total. The Balaban J connectivity index is 1.33. The Kier molecular flexibility index (Phi) is 4.76. The number of amides is 1. The number of fused-ring (bicyclic) bond motifs is 1. The molecule has 2 aliphatic heterocycles. The Bertz CT molecular complexity index is 848. The normalized spacial score (nSPS) is 19.5. The molecule has 1 fully saturated rings. The van der Waals surface area contributed by atoms with Crippen molar-refractivity contribution in [2.75, 3.05) is 18.1 Å². The Morgan fingerprint density at radius 1 is 1.30 bits per heavy atom. The summed E-state index contributed by atoms with van der Waals surface area (Å²) in [6.07, 6.45) is 3.75. The lowest BCUT2D eigenvalue weighted by atomic mass is 10.1. The molecule has 1 atom stereocenters. The average molecular weight is 372 g/mol. The summed E-state index contributed by atoms with van der Waals surface area (Å²) in [4.78, 5) is 27.9. The van der Waals surface area contributed by atoms with E-state index in [1.807, 2.05) is 29.2 Å². The zero-order chi connectivity index (χ0) is 18.8. The maximum atomic E-state index is 12.0. The van der Waals surface area contributed by atoms with Gasteiger partial charge in [-0.2, -0.15) is 0 Å². The van der Waals surface area contributed by atoms with Crippen LogP contribution in [-0.2, 0) is 22.7 Å². The van der Waals surface area contributed by atoms with Crippen LogP contribution in [0.4, 0.5) is 11.5 Å². The highest BCUT2D eigenvalue weighted by atomic mass is 16.6. The SMILES string of the molecule is O=C1CCCCN1c1ccc(CO[C@@H]2COc3nc([N+](=O)[O-])cn3C2)cc1. The van der Waals surface area contributed by atoms with Crippen molar-refractivity contribution in [1.29, 1.82) is 0 Å². The highest BCUT2D eigenvalue weighted by Crippen LogP contribution is 2.24. The van der Waals surface area contributed by atoms with Gasteiger partial charge in [0, 0.05) is 23.6 Å². The standard InChI is InChI=1S/C18H20N4O5/c23-17-3-1-2-8-21(17)14-6-4-13(5-7-14)11-26-15-9-20-10-16(22(24)25)19-18(20)27-12-15/h4-7,10,15H,1-3,8-9,11-12H2/t15-/m0/s1. The van der Waals surface area contributed by atoms with E-state index in [0.717, 1.165) is 30.6 Å². The molecule has 0 radical (unpaired) electrons. The summed E-state index contributed by atoms with van der Waals surface area (Å²) in [5.41, 5.74) is 1.91. The van der Waals surface area contributed by atoms with Gasteiger partial charge in [0.25, 0.3) is 0 Å². The minimum Gasteiger partial charge on any atom is -0.443 e. The van der Waals surface area contributed by atoms with Gasteiger partial charge in [-0.3, -0.25) is 9.36 Å². The molecule has 0 aliphatic carbocycles. The molecule has 2 aliphatic rings. The molecule has 142 valence electrons. The van der Waals surface area contributed by atoms with E-state index >= 15 is 0 Å². The van der Waals surface area contributed by atoms with Gasteiger partial charge in [0.15, 0.2) is 0 Å². The summed E-state index contributed by atoms with van der Waals surface area (Å²) in [7, 11) is 0. The number of anilines is 1. The van der Waals surface area contributed by atoms with E-state index in [1.165, 1.54) is 6.20 Å². The van der Waals surface area contributed by atoms with E-state index in [4.69, 9.17) is 9.47 Å². The van der Waals surface area contributed by atoms with Gasteiger partial charge >= 0.3 is 11.8 Å². The second kappa shape index (κ2) is 7.36. The van der Waals surface area contributed by atoms with Crippen molar-refractivity contribution in [2.24, 2.45) is 0 Å². The summed E-state index contributed by atoms with van der Waals surface area (Å²) in [6, 6.07) is 8.04. The molecule has 0 bridgehead atoms. The van der Waals surface area contributed by atoms with Crippen LogP contribution in [0, 0.1) is 10.1 Å². The summed E-state index contributed by atoms with van der Waals surface area (Å²) < 4.78 is 12.9. The molecule has 0 spiro atoms. The number of imidazole rings is 1. The number of rotatable bonds is 5. The molecule has 27 heavy (non-hydrogen) atoms. The van der Waals surface area contributed by atoms with Crippen molar-refractivity contribution in [3.63, 3.8) is 0 Å². The van der Waals surface area contributed by atoms with E-state index in [0.29, 0.717) is 26.2 Å². The summed E-state index contributed by atoms with van der Waals surface area (Å²) >= 11 is 0. The predicted octanol–water partition coefficient (Wildman–Crippen LogP) is 2.29. The number of carbonyl (C=O) groups is 1. The maximum Gasteiger partial charge on any atom is 0.414 e. The van der Waals surface area contributed by atoms with Gasteiger partial charge < -0.3 is 24.5 Å². The first kappa shape index (κ1) is 17.5. The van der Waals surface area contributed by atoms with Crippen LogP contribution in [0.1, 0.15) is 24.8 Å². The summed E-state index contributed by atoms with van der Waals surface area (Å²) in [5.74, 6) is -0.0525. The molecule has 1 saturated heterocycles. The largest absolute Gasteiger partial charge is 0.443 e. The van der Waals surface area contributed by atoms with Crippen molar-refractivity contribution < 1.29 is 19.2 Å². The number of carbonyl (C=O) groups excluding carboxylic acids is 1. The van der Waals surface area contributed by atoms with Crippen LogP contribution < -0.4 is 9.64 Å². The number of hydrogen-bond acceptors (Lipinski definition) is 6. The first-order valence-corrected chi connectivity index (χ1v) is 8.95. The fourth-order valence-electron chi connectivity index (χ4n) is 3.33. The third-order valence-electron chi connectivity index (χ3n) is 4.77. The lowest BCUT2D eigenvalue weighted by Gasteiger charge is -2.27. The number of piperidine rings is 1. The Hall–Kier alpha value is -2.94. The minimum atomic E-state index is -0.542. The quantitative estimate of drug-likeness (QED) is 0.590. The molecule has 0 unspecified atom stereocenters. The van der Waals surface area contributed by atoms with Gasteiger partial charge in [-0.1, -0.05) is 12.1 Å². The number of nitrogens with zero attached hydrogens (tertiary/aromatic N) is 4. The van der Waals surface area contributed by atoms with Gasteiger partial charge in [0.05, 0.1) is 13.2 Å². The minimum absolute atomic E-state index is 0.176. The van der Waals surface area contributed by atoms with E-state index in [1.54, 1.807) is 4.57 Å². The Labute approximate surface area is 155 Å². The molecule has 1 aromatic carbocycles.